The van der Waals surface area contributed by atoms with E-state index in [1.165, 1.54) is 11.6 Å². The molecule has 0 aliphatic heterocycles. The molecule has 3 nitrogen and oxygen atoms in total. The van der Waals surface area contributed by atoms with Crippen LogP contribution >= 0.6 is 0 Å². The molecule has 1 N–H and O–H groups in total. The molecule has 0 saturated carbocycles. The summed E-state index contributed by atoms with van der Waals surface area (Å²) in [7, 11) is 0. The zero-order valence-corrected chi connectivity index (χ0v) is 11.8. The van der Waals surface area contributed by atoms with Gasteiger partial charge in [0.1, 0.15) is 11.3 Å². The normalized spacial score (nSPS) is 11.3. The molecule has 0 aliphatic carbocycles. The van der Waals surface area contributed by atoms with Crippen LogP contribution in [-0.2, 0) is 6.42 Å². The van der Waals surface area contributed by atoms with Gasteiger partial charge in [-0.1, -0.05) is 13.0 Å². The molecule has 0 bridgehead atoms. The zero-order valence-electron chi connectivity index (χ0n) is 11.8. The molecule has 0 amide bonds. The first-order chi connectivity index (χ1) is 9.52. The second-order valence-corrected chi connectivity index (χ2v) is 5.14. The Hall–Kier alpha value is -2.29. The van der Waals surface area contributed by atoms with Crippen molar-refractivity contribution in [1.29, 1.82) is 0 Å². The van der Waals surface area contributed by atoms with Crippen LogP contribution in [0.25, 0.3) is 21.7 Å². The lowest BCUT2D eigenvalue weighted by Crippen LogP contribution is -2.05. The highest BCUT2D eigenvalue weighted by Crippen LogP contribution is 2.30. The minimum atomic E-state index is -0.314. The number of phenols is 1. The first kappa shape index (κ1) is 12.7. The maximum absolute atomic E-state index is 12.2. The second-order valence-electron chi connectivity index (χ2n) is 5.14. The molecule has 20 heavy (non-hydrogen) atoms. The van der Waals surface area contributed by atoms with E-state index >= 15 is 0 Å². The first-order valence-electron chi connectivity index (χ1n) is 6.71. The topological polar surface area (TPSA) is 50.4 Å². The second kappa shape index (κ2) is 4.37. The van der Waals surface area contributed by atoms with Crippen LogP contribution in [0.2, 0.25) is 0 Å². The summed E-state index contributed by atoms with van der Waals surface area (Å²) < 4.78 is 5.38. The van der Waals surface area contributed by atoms with Gasteiger partial charge in [0.25, 0.3) is 0 Å². The van der Waals surface area contributed by atoms with Crippen LogP contribution in [0, 0.1) is 13.8 Å². The van der Waals surface area contributed by atoms with Crippen molar-refractivity contribution >= 4 is 21.7 Å². The molecule has 0 aliphatic rings. The Morgan fingerprint density at radius 2 is 1.90 bits per heavy atom. The summed E-state index contributed by atoms with van der Waals surface area (Å²) in [4.78, 5) is 12.2. The van der Waals surface area contributed by atoms with Gasteiger partial charge in [0.15, 0.2) is 0 Å². The first-order valence-corrected chi connectivity index (χ1v) is 6.71. The molecule has 0 spiro atoms. The molecule has 2 aromatic carbocycles. The number of aromatic hydroxyl groups is 1. The van der Waals surface area contributed by atoms with Gasteiger partial charge in [-0.25, -0.2) is 4.79 Å². The molecule has 1 heterocycles. The Morgan fingerprint density at radius 3 is 2.60 bits per heavy atom. The fourth-order valence-corrected chi connectivity index (χ4v) is 3.01. The largest absolute Gasteiger partial charge is 0.508 e. The van der Waals surface area contributed by atoms with Gasteiger partial charge < -0.3 is 9.52 Å². The van der Waals surface area contributed by atoms with Crippen molar-refractivity contribution in [3.05, 3.63) is 51.4 Å². The van der Waals surface area contributed by atoms with E-state index in [1.54, 1.807) is 12.1 Å². The lowest BCUT2D eigenvalue weighted by atomic mass is 9.93. The third-order valence-electron chi connectivity index (χ3n) is 3.95. The highest BCUT2D eigenvalue weighted by atomic mass is 16.4. The molecule has 0 fully saturated rings. The Kier molecular flexibility index (Phi) is 2.78. The van der Waals surface area contributed by atoms with Crippen molar-refractivity contribution in [1.82, 2.24) is 0 Å². The van der Waals surface area contributed by atoms with E-state index in [0.717, 1.165) is 28.3 Å². The van der Waals surface area contributed by atoms with Crippen LogP contribution in [0.5, 0.6) is 5.75 Å². The number of rotatable bonds is 1. The average Bonchev–Trinajstić information content (AvgIpc) is 2.39. The lowest BCUT2D eigenvalue weighted by molar-refractivity contribution is 0.475. The van der Waals surface area contributed by atoms with E-state index in [0.29, 0.717) is 11.0 Å². The number of fused-ring (bicyclic) bond motifs is 3. The zero-order chi connectivity index (χ0) is 14.4. The summed E-state index contributed by atoms with van der Waals surface area (Å²) in [6, 6.07) is 6.81. The molecule has 3 rings (SSSR count). The number of hydrogen-bond donors (Lipinski definition) is 1. The maximum Gasteiger partial charge on any atom is 0.344 e. The fraction of sp³-hybridized carbons (Fsp3) is 0.235. The van der Waals surface area contributed by atoms with Crippen molar-refractivity contribution in [3.63, 3.8) is 0 Å². The minimum Gasteiger partial charge on any atom is -0.508 e. The molecule has 1 aromatic heterocycles. The van der Waals surface area contributed by atoms with Crippen molar-refractivity contribution in [2.75, 3.05) is 0 Å². The van der Waals surface area contributed by atoms with E-state index < -0.39 is 0 Å². The van der Waals surface area contributed by atoms with Crippen molar-refractivity contribution < 1.29 is 9.52 Å². The summed E-state index contributed by atoms with van der Waals surface area (Å²) in [6.45, 7) is 6.09. The van der Waals surface area contributed by atoms with Crippen LogP contribution in [0.1, 0.15) is 23.6 Å². The van der Waals surface area contributed by atoms with Crippen molar-refractivity contribution in [2.24, 2.45) is 0 Å². The Morgan fingerprint density at radius 1 is 1.15 bits per heavy atom. The van der Waals surface area contributed by atoms with Gasteiger partial charge in [-0.2, -0.15) is 0 Å². The molecule has 0 radical (unpaired) electrons. The average molecular weight is 268 g/mol. The highest BCUT2D eigenvalue weighted by Gasteiger charge is 2.14. The van der Waals surface area contributed by atoms with E-state index in [1.807, 2.05) is 13.0 Å². The Labute approximate surface area is 116 Å². The van der Waals surface area contributed by atoms with Crippen molar-refractivity contribution in [3.8, 4) is 5.75 Å². The molecule has 102 valence electrons. The fourth-order valence-electron chi connectivity index (χ4n) is 3.01. The number of phenolic OH excluding ortho intramolecular Hbond substituents is 1. The van der Waals surface area contributed by atoms with Crippen LogP contribution in [0.3, 0.4) is 0 Å². The van der Waals surface area contributed by atoms with Gasteiger partial charge in [0.05, 0.1) is 5.39 Å². The summed E-state index contributed by atoms with van der Waals surface area (Å²) in [6.07, 6.45) is 0.880. The van der Waals surface area contributed by atoms with Crippen LogP contribution in [-0.4, -0.2) is 5.11 Å². The third kappa shape index (κ3) is 1.70. The summed E-state index contributed by atoms with van der Waals surface area (Å²) in [5, 5.41) is 11.9. The molecule has 0 unspecified atom stereocenters. The lowest BCUT2D eigenvalue weighted by Gasteiger charge is -2.12. The molecular weight excluding hydrogens is 252 g/mol. The molecular formula is C17H16O3. The van der Waals surface area contributed by atoms with E-state index in [-0.39, 0.29) is 11.4 Å². The van der Waals surface area contributed by atoms with Crippen LogP contribution < -0.4 is 5.63 Å². The maximum atomic E-state index is 12.2. The smallest absolute Gasteiger partial charge is 0.344 e. The third-order valence-corrected chi connectivity index (χ3v) is 3.95. The Balaban J connectivity index is 2.63. The highest BCUT2D eigenvalue weighted by molar-refractivity contribution is 6.06. The van der Waals surface area contributed by atoms with Gasteiger partial charge >= 0.3 is 5.63 Å². The molecule has 0 atom stereocenters. The van der Waals surface area contributed by atoms with Gasteiger partial charge in [0, 0.05) is 10.8 Å². The predicted molar refractivity (Wildman–Crippen MR) is 80.5 cm³/mol. The molecule has 3 heteroatoms. The number of hydrogen-bond acceptors (Lipinski definition) is 3. The summed E-state index contributed by atoms with van der Waals surface area (Å²) in [5.74, 6) is 0.169. The van der Waals surface area contributed by atoms with Crippen molar-refractivity contribution in [2.45, 2.75) is 27.2 Å². The number of benzene rings is 2. The van der Waals surface area contributed by atoms with Crippen LogP contribution in [0.15, 0.2) is 33.5 Å². The standard InChI is InChI=1S/C17H16O3/c1-4-12-9(2)7-14-13-8-11(18)5-6-15(13)20-17(19)16(14)10(12)3/h5-8,18H,4H2,1-3H3. The minimum absolute atomic E-state index is 0.169. The van der Waals surface area contributed by atoms with E-state index in [9.17, 15) is 9.90 Å². The summed E-state index contributed by atoms with van der Waals surface area (Å²) >= 11 is 0. The Bertz CT molecular complexity index is 888. The monoisotopic (exact) mass is 268 g/mol. The van der Waals surface area contributed by atoms with Gasteiger partial charge in [0.2, 0.25) is 0 Å². The predicted octanol–water partition coefficient (Wildman–Crippen LogP) is 3.83. The van der Waals surface area contributed by atoms with Gasteiger partial charge in [-0.05, 0) is 55.2 Å². The number of aryl methyl sites for hydroxylation is 2. The quantitative estimate of drug-likeness (QED) is 0.539. The molecule has 0 saturated heterocycles. The molecule has 3 aromatic rings. The van der Waals surface area contributed by atoms with E-state index in [4.69, 9.17) is 4.42 Å². The van der Waals surface area contributed by atoms with Gasteiger partial charge in [-0.15, -0.1) is 0 Å². The summed E-state index contributed by atoms with van der Waals surface area (Å²) in [5.41, 5.74) is 3.51. The SMILES string of the molecule is CCc1c(C)cc2c(c1C)c(=O)oc1ccc(O)cc12. The van der Waals surface area contributed by atoms with E-state index in [2.05, 4.69) is 13.8 Å². The van der Waals surface area contributed by atoms with Crippen LogP contribution in [0.4, 0.5) is 0 Å². The van der Waals surface area contributed by atoms with Gasteiger partial charge in [-0.3, -0.25) is 0 Å².